The van der Waals surface area contributed by atoms with E-state index in [4.69, 9.17) is 13.8 Å². The molecule has 0 heterocycles. The number of ether oxygens (including phenoxy) is 1. The van der Waals surface area contributed by atoms with Crippen LogP contribution in [-0.4, -0.2) is 55.7 Å². The summed E-state index contributed by atoms with van der Waals surface area (Å²) in [4.78, 5) is 23.3. The van der Waals surface area contributed by atoms with Crippen LogP contribution >= 0.6 is 8.60 Å². The summed E-state index contributed by atoms with van der Waals surface area (Å²) in [6.45, 7) is 7.26. The molecule has 0 aromatic heterocycles. The molecule has 0 aliphatic carbocycles. The van der Waals surface area contributed by atoms with E-state index >= 15 is 0 Å². The molecule has 0 saturated carbocycles. The van der Waals surface area contributed by atoms with Crippen molar-refractivity contribution >= 4 is 14.6 Å². The quantitative estimate of drug-likeness (QED) is 0.0781. The number of unbranched alkanes of at least 4 members (excludes halogenated alkanes) is 12. The standard InChI is InChI=1S/C27H56NO5P/c1-6-7-8-9-10-11-12-13-14-15-16-17-18-19-25(2)20-21-27(33-26(3)29)24-32-34(30)31-23-22-28(4)5/h25,27,30H,6-24H2,1-5H3. The van der Waals surface area contributed by atoms with Crippen LogP contribution in [0, 0.1) is 5.92 Å². The molecule has 3 unspecified atom stereocenters. The summed E-state index contributed by atoms with van der Waals surface area (Å²) in [6, 6.07) is 0. The summed E-state index contributed by atoms with van der Waals surface area (Å²) in [6.07, 6.45) is 20.6. The van der Waals surface area contributed by atoms with Crippen LogP contribution in [0.1, 0.15) is 124 Å². The largest absolute Gasteiger partial charge is 0.460 e. The van der Waals surface area contributed by atoms with Crippen LogP contribution in [0.5, 0.6) is 0 Å². The van der Waals surface area contributed by atoms with Gasteiger partial charge in [-0.25, -0.2) is 0 Å². The SMILES string of the molecule is CCCCCCCCCCCCCCCC(C)CCC(COP(O)OCCN(C)C)OC(C)=O. The zero-order chi connectivity index (χ0) is 25.4. The molecule has 0 rings (SSSR count). The maximum absolute atomic E-state index is 11.4. The average Bonchev–Trinajstić information content (AvgIpc) is 2.78. The van der Waals surface area contributed by atoms with E-state index in [9.17, 15) is 9.69 Å². The summed E-state index contributed by atoms with van der Waals surface area (Å²) >= 11 is 0. The Balaban J connectivity index is 3.75. The van der Waals surface area contributed by atoms with Gasteiger partial charge in [-0.15, -0.1) is 0 Å². The number of hydrogen-bond donors (Lipinski definition) is 1. The molecule has 1 N–H and O–H groups in total. The van der Waals surface area contributed by atoms with E-state index in [2.05, 4.69) is 13.8 Å². The van der Waals surface area contributed by atoms with Gasteiger partial charge in [-0.3, -0.25) is 4.79 Å². The molecule has 0 saturated heterocycles. The molecule has 0 spiro atoms. The van der Waals surface area contributed by atoms with Crippen molar-refractivity contribution in [1.82, 2.24) is 4.90 Å². The highest BCUT2D eigenvalue weighted by Crippen LogP contribution is 2.33. The number of carbonyl (C=O) groups excluding carboxylic acids is 1. The van der Waals surface area contributed by atoms with Gasteiger partial charge < -0.3 is 23.6 Å². The molecule has 6 nitrogen and oxygen atoms in total. The lowest BCUT2D eigenvalue weighted by molar-refractivity contribution is -0.148. The highest BCUT2D eigenvalue weighted by Gasteiger charge is 2.17. The van der Waals surface area contributed by atoms with Crippen LogP contribution in [-0.2, 0) is 18.6 Å². The minimum atomic E-state index is -1.94. The van der Waals surface area contributed by atoms with Gasteiger partial charge in [-0.1, -0.05) is 104 Å². The third kappa shape index (κ3) is 24.9. The van der Waals surface area contributed by atoms with Crippen molar-refractivity contribution in [3.63, 3.8) is 0 Å². The van der Waals surface area contributed by atoms with Crippen LogP contribution in [0.4, 0.5) is 0 Å². The summed E-state index contributed by atoms with van der Waals surface area (Å²) < 4.78 is 16.1. The minimum Gasteiger partial charge on any atom is -0.460 e. The maximum Gasteiger partial charge on any atom is 0.330 e. The van der Waals surface area contributed by atoms with E-state index in [1.54, 1.807) is 0 Å². The first kappa shape index (κ1) is 33.7. The normalized spacial score (nSPS) is 14.3. The van der Waals surface area contributed by atoms with Crippen molar-refractivity contribution in [3.8, 4) is 0 Å². The molecule has 0 radical (unpaired) electrons. The Bertz CT molecular complexity index is 453. The predicted molar refractivity (Wildman–Crippen MR) is 144 cm³/mol. The Kier molecular flexibility index (Phi) is 24.2. The monoisotopic (exact) mass is 505 g/mol. The lowest BCUT2D eigenvalue weighted by Gasteiger charge is -2.20. The van der Waals surface area contributed by atoms with E-state index in [0.717, 1.165) is 12.8 Å². The molecule has 34 heavy (non-hydrogen) atoms. The number of esters is 1. The smallest absolute Gasteiger partial charge is 0.330 e. The molecule has 0 fully saturated rings. The maximum atomic E-state index is 11.4. The molecule has 0 aromatic rings. The zero-order valence-corrected chi connectivity index (χ0v) is 24.0. The number of carbonyl (C=O) groups is 1. The van der Waals surface area contributed by atoms with Crippen LogP contribution in [0.3, 0.4) is 0 Å². The summed E-state index contributed by atoms with van der Waals surface area (Å²) in [5.74, 6) is 0.284. The van der Waals surface area contributed by atoms with Crippen molar-refractivity contribution in [3.05, 3.63) is 0 Å². The molecular weight excluding hydrogens is 449 g/mol. The van der Waals surface area contributed by atoms with Gasteiger partial charge in [0.15, 0.2) is 0 Å². The van der Waals surface area contributed by atoms with Crippen molar-refractivity contribution in [2.45, 2.75) is 130 Å². The highest BCUT2D eigenvalue weighted by atomic mass is 31.2. The van der Waals surface area contributed by atoms with Gasteiger partial charge in [0.25, 0.3) is 0 Å². The first-order chi connectivity index (χ1) is 16.3. The van der Waals surface area contributed by atoms with Gasteiger partial charge >= 0.3 is 14.6 Å². The van der Waals surface area contributed by atoms with Crippen LogP contribution in [0.2, 0.25) is 0 Å². The Morgan fingerprint density at radius 3 is 1.85 bits per heavy atom. The number of rotatable bonds is 25. The molecule has 3 atom stereocenters. The summed E-state index contributed by atoms with van der Waals surface area (Å²) in [5, 5.41) is 0. The van der Waals surface area contributed by atoms with Gasteiger partial charge in [0, 0.05) is 13.5 Å². The van der Waals surface area contributed by atoms with Crippen molar-refractivity contribution in [2.24, 2.45) is 5.92 Å². The third-order valence-electron chi connectivity index (χ3n) is 6.23. The van der Waals surface area contributed by atoms with E-state index in [1.807, 2.05) is 19.0 Å². The Labute approximate surface area is 212 Å². The second kappa shape index (κ2) is 24.4. The topological polar surface area (TPSA) is 68.2 Å². The fourth-order valence-electron chi connectivity index (χ4n) is 4.02. The van der Waals surface area contributed by atoms with Gasteiger partial charge in [0.2, 0.25) is 0 Å². The average molecular weight is 506 g/mol. The lowest BCUT2D eigenvalue weighted by atomic mass is 9.96. The summed E-state index contributed by atoms with van der Waals surface area (Å²) in [7, 11) is 1.95. The van der Waals surface area contributed by atoms with Gasteiger partial charge in [0.1, 0.15) is 6.10 Å². The highest BCUT2D eigenvalue weighted by molar-refractivity contribution is 7.40. The molecule has 0 aromatic carbocycles. The second-order valence-electron chi connectivity index (χ2n) is 10.1. The zero-order valence-electron chi connectivity index (χ0n) is 23.1. The number of likely N-dealkylation sites (N-methyl/N-ethyl adjacent to an activating group) is 1. The third-order valence-corrected chi connectivity index (χ3v) is 7.00. The lowest BCUT2D eigenvalue weighted by Crippen LogP contribution is -2.23. The molecule has 0 bridgehead atoms. The fraction of sp³-hybridized carbons (Fsp3) is 0.963. The predicted octanol–water partition coefficient (Wildman–Crippen LogP) is 7.63. The van der Waals surface area contributed by atoms with Crippen molar-refractivity contribution in [1.29, 1.82) is 0 Å². The number of hydrogen-bond acceptors (Lipinski definition) is 6. The van der Waals surface area contributed by atoms with E-state index in [-0.39, 0.29) is 18.7 Å². The van der Waals surface area contributed by atoms with Crippen LogP contribution in [0.15, 0.2) is 0 Å². The molecular formula is C27H56NO5P. The molecule has 0 amide bonds. The molecule has 204 valence electrons. The minimum absolute atomic E-state index is 0.176. The van der Waals surface area contributed by atoms with E-state index in [1.165, 1.54) is 96.8 Å². The van der Waals surface area contributed by atoms with Crippen LogP contribution < -0.4 is 0 Å². The van der Waals surface area contributed by atoms with Gasteiger partial charge in [0.05, 0.1) is 13.2 Å². The fourth-order valence-corrected chi connectivity index (χ4v) is 4.63. The van der Waals surface area contributed by atoms with Crippen molar-refractivity contribution < 1.29 is 23.5 Å². The first-order valence-electron chi connectivity index (χ1n) is 13.9. The molecule has 7 heteroatoms. The second-order valence-corrected chi connectivity index (χ2v) is 11.1. The van der Waals surface area contributed by atoms with E-state index in [0.29, 0.717) is 19.1 Å². The van der Waals surface area contributed by atoms with Crippen molar-refractivity contribution in [2.75, 3.05) is 33.9 Å². The molecule has 0 aliphatic rings. The molecule has 0 aliphatic heterocycles. The van der Waals surface area contributed by atoms with Gasteiger partial charge in [-0.2, -0.15) is 0 Å². The van der Waals surface area contributed by atoms with Gasteiger partial charge in [-0.05, 0) is 32.9 Å². The Hall–Kier alpha value is -0.260. The Morgan fingerprint density at radius 2 is 1.35 bits per heavy atom. The number of nitrogens with zero attached hydrogens (tertiary/aromatic N) is 1. The van der Waals surface area contributed by atoms with E-state index < -0.39 is 8.60 Å². The van der Waals surface area contributed by atoms with Crippen LogP contribution in [0.25, 0.3) is 0 Å². The first-order valence-corrected chi connectivity index (χ1v) is 15.0. The summed E-state index contributed by atoms with van der Waals surface area (Å²) in [5.41, 5.74) is 0. The Morgan fingerprint density at radius 1 is 0.824 bits per heavy atom.